The Hall–Kier alpha value is -1.23. The van der Waals surface area contributed by atoms with E-state index in [9.17, 15) is 26.3 Å². The van der Waals surface area contributed by atoms with Crippen molar-refractivity contribution in [2.45, 2.75) is 31.2 Å². The summed E-state index contributed by atoms with van der Waals surface area (Å²) in [5.41, 5.74) is 0. The summed E-state index contributed by atoms with van der Waals surface area (Å²) in [6.45, 7) is 0.0837. The van der Waals surface area contributed by atoms with Crippen molar-refractivity contribution in [3.8, 4) is 0 Å². The van der Waals surface area contributed by atoms with E-state index in [1.165, 1.54) is 9.80 Å². The number of nitrogens with zero attached hydrogens (tertiary/aromatic N) is 3. The molecule has 2 atom stereocenters. The van der Waals surface area contributed by atoms with Crippen LogP contribution in [0, 0.1) is 5.92 Å². The highest BCUT2D eigenvalue weighted by molar-refractivity contribution is 5.80. The third kappa shape index (κ3) is 7.56. The fourth-order valence-electron chi connectivity index (χ4n) is 3.45. The lowest BCUT2D eigenvalue weighted by Crippen LogP contribution is -2.46. The van der Waals surface area contributed by atoms with E-state index in [4.69, 9.17) is 0 Å². The van der Waals surface area contributed by atoms with E-state index in [1.54, 1.807) is 7.05 Å². The molecule has 26 heavy (non-hydrogen) atoms. The number of halogens is 6. The molecule has 2 aliphatic rings. The number of hydrogen-bond donors (Lipinski definition) is 2. The average molecular weight is 389 g/mol. The molecule has 0 aromatic heterocycles. The van der Waals surface area contributed by atoms with Crippen LogP contribution in [0.3, 0.4) is 0 Å². The normalized spacial score (nSPS) is 26.5. The second-order valence-electron chi connectivity index (χ2n) is 6.94. The van der Waals surface area contributed by atoms with Gasteiger partial charge in [-0.3, -0.25) is 14.8 Å². The van der Waals surface area contributed by atoms with Crippen LogP contribution in [0.15, 0.2) is 4.99 Å². The maximum absolute atomic E-state index is 12.4. The van der Waals surface area contributed by atoms with Crippen molar-refractivity contribution in [1.29, 1.82) is 0 Å². The molecule has 0 aliphatic carbocycles. The number of rotatable bonds is 5. The van der Waals surface area contributed by atoms with Gasteiger partial charge in [-0.05, 0) is 25.3 Å². The summed E-state index contributed by atoms with van der Waals surface area (Å²) in [5, 5.41) is 6.17. The van der Waals surface area contributed by atoms with E-state index in [-0.39, 0.29) is 18.5 Å². The van der Waals surface area contributed by atoms with Gasteiger partial charge < -0.3 is 10.6 Å². The molecule has 0 aromatic carbocycles. The second kappa shape index (κ2) is 8.64. The van der Waals surface area contributed by atoms with E-state index >= 15 is 0 Å². The fraction of sp³-hybridized carbons (Fsp3) is 0.933. The van der Waals surface area contributed by atoms with Gasteiger partial charge in [0, 0.05) is 39.3 Å². The van der Waals surface area contributed by atoms with Gasteiger partial charge in [-0.1, -0.05) is 0 Å². The summed E-state index contributed by atoms with van der Waals surface area (Å²) in [6, 6.07) is -0.131. The number of hydrogen-bond acceptors (Lipinski definition) is 3. The third-order valence-corrected chi connectivity index (χ3v) is 4.57. The summed E-state index contributed by atoms with van der Waals surface area (Å²) in [6.07, 6.45) is -7.15. The molecule has 5 nitrogen and oxygen atoms in total. The first kappa shape index (κ1) is 21.1. The van der Waals surface area contributed by atoms with E-state index in [2.05, 4.69) is 15.6 Å². The minimum Gasteiger partial charge on any atom is -0.356 e. The molecule has 2 aliphatic heterocycles. The molecule has 2 fully saturated rings. The van der Waals surface area contributed by atoms with Gasteiger partial charge in [-0.25, -0.2) is 0 Å². The van der Waals surface area contributed by atoms with Gasteiger partial charge in [0.15, 0.2) is 5.96 Å². The number of nitrogens with one attached hydrogen (secondary N) is 2. The van der Waals surface area contributed by atoms with Crippen molar-refractivity contribution in [3.05, 3.63) is 0 Å². The minimum absolute atomic E-state index is 0.0844. The number of guanidine groups is 1. The van der Waals surface area contributed by atoms with Crippen molar-refractivity contribution in [2.75, 3.05) is 52.9 Å². The Kier molecular flexibility index (Phi) is 7.00. The summed E-state index contributed by atoms with van der Waals surface area (Å²) < 4.78 is 74.5. The molecule has 2 saturated heterocycles. The Labute approximate surface area is 148 Å². The Balaban J connectivity index is 1.69. The predicted molar refractivity (Wildman–Crippen MR) is 86.0 cm³/mol. The molecule has 152 valence electrons. The molecule has 0 bridgehead atoms. The van der Waals surface area contributed by atoms with Gasteiger partial charge >= 0.3 is 12.4 Å². The van der Waals surface area contributed by atoms with Gasteiger partial charge in [0.1, 0.15) is 0 Å². The van der Waals surface area contributed by atoms with Gasteiger partial charge in [0.05, 0.1) is 13.1 Å². The Bertz CT molecular complexity index is 478. The van der Waals surface area contributed by atoms with Crippen LogP contribution in [0.4, 0.5) is 26.3 Å². The van der Waals surface area contributed by atoms with Crippen molar-refractivity contribution in [1.82, 2.24) is 20.4 Å². The lowest BCUT2D eigenvalue weighted by atomic mass is 10.1. The van der Waals surface area contributed by atoms with Crippen LogP contribution in [0.5, 0.6) is 0 Å². The zero-order valence-corrected chi connectivity index (χ0v) is 14.6. The molecule has 0 radical (unpaired) electrons. The summed E-state index contributed by atoms with van der Waals surface area (Å²) >= 11 is 0. The standard InChI is InChI=1S/C15H25F6N5/c1-22-13(24-12-3-5-26(8-12)10-15(19,20)21)23-6-11-2-4-25(7-11)9-14(16,17)18/h11-12H,2-10H2,1H3,(H2,22,23,24). The molecule has 2 unspecified atom stereocenters. The van der Waals surface area contributed by atoms with E-state index in [0.29, 0.717) is 45.0 Å². The number of alkyl halides is 6. The zero-order chi connectivity index (χ0) is 19.4. The lowest BCUT2D eigenvalue weighted by molar-refractivity contribution is -0.144. The highest BCUT2D eigenvalue weighted by atomic mass is 19.4. The smallest absolute Gasteiger partial charge is 0.356 e. The molecule has 0 aromatic rings. The molecule has 2 rings (SSSR count). The van der Waals surface area contributed by atoms with E-state index < -0.39 is 25.4 Å². The van der Waals surface area contributed by atoms with Crippen molar-refractivity contribution in [3.63, 3.8) is 0 Å². The van der Waals surface area contributed by atoms with Gasteiger partial charge in [-0.2, -0.15) is 26.3 Å². The van der Waals surface area contributed by atoms with Gasteiger partial charge in [-0.15, -0.1) is 0 Å². The Morgan fingerprint density at radius 3 is 2.12 bits per heavy atom. The maximum atomic E-state index is 12.4. The zero-order valence-electron chi connectivity index (χ0n) is 14.6. The second-order valence-corrected chi connectivity index (χ2v) is 6.94. The quantitative estimate of drug-likeness (QED) is 0.427. The van der Waals surface area contributed by atoms with Crippen molar-refractivity contribution >= 4 is 5.96 Å². The maximum Gasteiger partial charge on any atom is 0.401 e. The van der Waals surface area contributed by atoms with Crippen molar-refractivity contribution < 1.29 is 26.3 Å². The Morgan fingerprint density at radius 1 is 0.962 bits per heavy atom. The lowest BCUT2D eigenvalue weighted by Gasteiger charge is -2.21. The highest BCUT2D eigenvalue weighted by Crippen LogP contribution is 2.22. The minimum atomic E-state index is -4.21. The molecule has 11 heteroatoms. The summed E-state index contributed by atoms with van der Waals surface area (Å²) in [4.78, 5) is 6.78. The molecule has 0 spiro atoms. The SMILES string of the molecule is CN=C(NCC1CCN(CC(F)(F)F)C1)NC1CCN(CC(F)(F)F)C1. The van der Waals surface area contributed by atoms with E-state index in [1.807, 2.05) is 0 Å². The first-order valence-electron chi connectivity index (χ1n) is 8.59. The van der Waals surface area contributed by atoms with Crippen LogP contribution >= 0.6 is 0 Å². The van der Waals surface area contributed by atoms with Crippen molar-refractivity contribution in [2.24, 2.45) is 10.9 Å². The molecule has 2 heterocycles. The van der Waals surface area contributed by atoms with Crippen LogP contribution in [0.2, 0.25) is 0 Å². The first-order valence-corrected chi connectivity index (χ1v) is 8.59. The highest BCUT2D eigenvalue weighted by Gasteiger charge is 2.35. The van der Waals surface area contributed by atoms with Crippen LogP contribution in [-0.2, 0) is 0 Å². The molecular weight excluding hydrogens is 364 g/mol. The monoisotopic (exact) mass is 389 g/mol. The number of aliphatic imine (C=N–C) groups is 1. The largest absolute Gasteiger partial charge is 0.401 e. The average Bonchev–Trinajstić information content (AvgIpc) is 3.09. The van der Waals surface area contributed by atoms with Crippen LogP contribution < -0.4 is 10.6 Å². The predicted octanol–water partition coefficient (Wildman–Crippen LogP) is 1.67. The molecule has 2 N–H and O–H groups in total. The summed E-state index contributed by atoms with van der Waals surface area (Å²) in [5.74, 6) is 0.555. The third-order valence-electron chi connectivity index (χ3n) is 4.57. The van der Waals surface area contributed by atoms with Gasteiger partial charge in [0.2, 0.25) is 0 Å². The van der Waals surface area contributed by atoms with Crippen LogP contribution in [0.25, 0.3) is 0 Å². The van der Waals surface area contributed by atoms with E-state index in [0.717, 1.165) is 0 Å². The molecule has 0 saturated carbocycles. The Morgan fingerprint density at radius 2 is 1.54 bits per heavy atom. The van der Waals surface area contributed by atoms with Gasteiger partial charge in [0.25, 0.3) is 0 Å². The summed E-state index contributed by atoms with van der Waals surface area (Å²) in [7, 11) is 1.56. The fourth-order valence-corrected chi connectivity index (χ4v) is 3.45. The van der Waals surface area contributed by atoms with Crippen LogP contribution in [-0.4, -0.2) is 87.0 Å². The first-order chi connectivity index (χ1) is 12.0. The molecular formula is C15H25F6N5. The van der Waals surface area contributed by atoms with Crippen LogP contribution in [0.1, 0.15) is 12.8 Å². The number of likely N-dealkylation sites (tertiary alicyclic amines) is 2. The molecule has 0 amide bonds. The topological polar surface area (TPSA) is 42.9 Å².